The second-order valence-electron chi connectivity index (χ2n) is 10.2. The van der Waals surface area contributed by atoms with Crippen molar-refractivity contribution in [3.8, 4) is 22.9 Å². The average Bonchev–Trinajstić information content (AvgIpc) is 3.01. The summed E-state index contributed by atoms with van der Waals surface area (Å²) in [5, 5.41) is 0. The molecule has 4 aromatic rings. The first-order valence-corrected chi connectivity index (χ1v) is 14.1. The number of benzene rings is 3. The fourth-order valence-corrected chi connectivity index (χ4v) is 5.05. The number of nitrogens with zero attached hydrogens (tertiary/aromatic N) is 2. The van der Waals surface area contributed by atoms with Crippen molar-refractivity contribution in [3.63, 3.8) is 0 Å². The van der Waals surface area contributed by atoms with Crippen LogP contribution in [0.3, 0.4) is 0 Å². The van der Waals surface area contributed by atoms with Gasteiger partial charge in [0.1, 0.15) is 19.0 Å². The van der Waals surface area contributed by atoms with Crippen LogP contribution in [-0.2, 0) is 22.7 Å². The first-order valence-electron chi connectivity index (χ1n) is 14.1. The Balaban J connectivity index is 1.32. The van der Waals surface area contributed by atoms with E-state index in [1.165, 1.54) is 0 Å². The lowest BCUT2D eigenvalue weighted by Crippen LogP contribution is -2.34. The van der Waals surface area contributed by atoms with E-state index in [1.54, 1.807) is 24.3 Å². The number of esters is 1. The molecule has 5 rings (SSSR count). The van der Waals surface area contributed by atoms with E-state index in [0.29, 0.717) is 55.0 Å². The van der Waals surface area contributed by atoms with Crippen LogP contribution in [0.2, 0.25) is 0 Å². The molecule has 41 heavy (non-hydrogen) atoms. The third-order valence-electron chi connectivity index (χ3n) is 7.27. The minimum Gasteiger partial charge on any atom is -0.473 e. The lowest BCUT2D eigenvalue weighted by atomic mass is 9.93. The van der Waals surface area contributed by atoms with Crippen LogP contribution in [0.4, 0.5) is 10.1 Å². The zero-order valence-electron chi connectivity index (χ0n) is 23.3. The molecule has 0 unspecified atom stereocenters. The van der Waals surface area contributed by atoms with Crippen molar-refractivity contribution in [1.29, 1.82) is 0 Å². The van der Waals surface area contributed by atoms with E-state index in [-0.39, 0.29) is 11.8 Å². The van der Waals surface area contributed by atoms with Gasteiger partial charge in [-0.1, -0.05) is 60.7 Å². The van der Waals surface area contributed by atoms with Gasteiger partial charge in [0.05, 0.1) is 6.61 Å². The van der Waals surface area contributed by atoms with E-state index in [2.05, 4.69) is 9.88 Å². The fourth-order valence-electron chi connectivity index (χ4n) is 5.05. The lowest BCUT2D eigenvalue weighted by Gasteiger charge is -2.33. The number of carbonyl (C=O) groups excluding carboxylic acids is 1. The van der Waals surface area contributed by atoms with Crippen LogP contribution in [0, 0.1) is 11.7 Å². The molecule has 6 nitrogen and oxygen atoms in total. The molecule has 0 aliphatic carbocycles. The van der Waals surface area contributed by atoms with Gasteiger partial charge in [0.25, 0.3) is 0 Å². The van der Waals surface area contributed by atoms with Crippen LogP contribution in [0.1, 0.15) is 37.3 Å². The lowest BCUT2D eigenvalue weighted by molar-refractivity contribution is -0.144. The van der Waals surface area contributed by atoms with Crippen LogP contribution < -0.4 is 14.4 Å². The normalized spacial score (nSPS) is 13.6. The Morgan fingerprint density at radius 2 is 1.49 bits per heavy atom. The summed E-state index contributed by atoms with van der Waals surface area (Å²) in [6.45, 7) is 4.42. The van der Waals surface area contributed by atoms with E-state index < -0.39 is 0 Å². The quantitative estimate of drug-likeness (QED) is 0.183. The number of aromatic nitrogens is 1. The van der Waals surface area contributed by atoms with Gasteiger partial charge in [-0.15, -0.1) is 0 Å². The molecule has 0 bridgehead atoms. The molecular formula is C34H35FN2O4. The number of halogens is 1. The highest BCUT2D eigenvalue weighted by molar-refractivity contribution is 5.72. The first-order chi connectivity index (χ1) is 20.1. The highest BCUT2D eigenvalue weighted by atomic mass is 19.1. The minimum atomic E-state index is -0.347. The molecule has 0 saturated carbocycles. The molecule has 1 aliphatic heterocycles. The predicted molar refractivity (Wildman–Crippen MR) is 157 cm³/mol. The molecule has 212 valence electrons. The van der Waals surface area contributed by atoms with Gasteiger partial charge in [-0.25, -0.2) is 4.39 Å². The maximum atomic E-state index is 15.6. The zero-order valence-corrected chi connectivity index (χ0v) is 23.3. The third-order valence-corrected chi connectivity index (χ3v) is 7.27. The average molecular weight is 555 g/mol. The summed E-state index contributed by atoms with van der Waals surface area (Å²) in [7, 11) is 0. The van der Waals surface area contributed by atoms with Crippen LogP contribution in [-0.4, -0.2) is 30.6 Å². The van der Waals surface area contributed by atoms with E-state index in [0.717, 1.165) is 42.7 Å². The van der Waals surface area contributed by atoms with E-state index in [9.17, 15) is 4.79 Å². The monoisotopic (exact) mass is 554 g/mol. The molecule has 2 heterocycles. The molecule has 0 spiro atoms. The largest absolute Gasteiger partial charge is 0.473 e. The summed E-state index contributed by atoms with van der Waals surface area (Å²) in [6.07, 6.45) is 2.18. The van der Waals surface area contributed by atoms with Crippen LogP contribution in [0.15, 0.2) is 91.0 Å². The van der Waals surface area contributed by atoms with Gasteiger partial charge >= 0.3 is 5.97 Å². The highest BCUT2D eigenvalue weighted by Crippen LogP contribution is 2.35. The topological polar surface area (TPSA) is 60.9 Å². The molecule has 7 heteroatoms. The van der Waals surface area contributed by atoms with Gasteiger partial charge in [0.15, 0.2) is 0 Å². The number of piperidine rings is 1. The maximum absolute atomic E-state index is 15.6. The van der Waals surface area contributed by atoms with E-state index >= 15 is 4.39 Å². The van der Waals surface area contributed by atoms with E-state index in [1.807, 2.05) is 73.7 Å². The Labute approximate surface area is 240 Å². The molecule has 3 aromatic carbocycles. The summed E-state index contributed by atoms with van der Waals surface area (Å²) < 4.78 is 32.8. The minimum absolute atomic E-state index is 0.142. The molecule has 0 radical (unpaired) electrons. The first kappa shape index (κ1) is 28.1. The standard InChI is InChI=1S/C34H35FN2O4/c1-2-39-33(38)21-25-17-19-37(20-18-25)28-13-14-29(31(35)22-28)30-15-16-32(40-23-26-9-5-3-6-10-26)36-34(30)41-24-27-11-7-4-8-12-27/h3-16,22,25H,2,17-21,23-24H2,1H3. The molecule has 0 amide bonds. The van der Waals surface area contributed by atoms with E-state index in [4.69, 9.17) is 14.2 Å². The SMILES string of the molecule is CCOC(=O)CC1CCN(c2ccc(-c3ccc(OCc4ccccc4)nc3OCc3ccccc3)c(F)c2)CC1. The third kappa shape index (κ3) is 7.63. The molecule has 1 saturated heterocycles. The smallest absolute Gasteiger partial charge is 0.306 e. The Morgan fingerprint density at radius 1 is 0.854 bits per heavy atom. The van der Waals surface area contributed by atoms with Gasteiger partial charge in [0.2, 0.25) is 11.8 Å². The number of pyridine rings is 1. The van der Waals surface area contributed by atoms with Crippen LogP contribution >= 0.6 is 0 Å². The fraction of sp³-hybridized carbons (Fsp3) is 0.294. The Hall–Kier alpha value is -4.39. The van der Waals surface area contributed by atoms with Crippen LogP contribution in [0.25, 0.3) is 11.1 Å². The van der Waals surface area contributed by atoms with Gasteiger partial charge in [-0.2, -0.15) is 4.98 Å². The Bertz CT molecular complexity index is 1420. The number of hydrogen-bond acceptors (Lipinski definition) is 6. The van der Waals surface area contributed by atoms with Gasteiger partial charge in [-0.3, -0.25) is 4.79 Å². The van der Waals surface area contributed by atoms with Gasteiger partial charge < -0.3 is 19.1 Å². The van der Waals surface area contributed by atoms with Gasteiger partial charge in [-0.05, 0) is 61.1 Å². The molecule has 0 atom stereocenters. The van der Waals surface area contributed by atoms with Crippen molar-refractivity contribution < 1.29 is 23.4 Å². The number of ether oxygens (including phenoxy) is 3. The van der Waals surface area contributed by atoms with Gasteiger partial charge in [0, 0.05) is 42.4 Å². The highest BCUT2D eigenvalue weighted by Gasteiger charge is 2.23. The summed E-state index contributed by atoms with van der Waals surface area (Å²) in [6, 6.07) is 28.5. The second kappa shape index (κ2) is 13.8. The Kier molecular flexibility index (Phi) is 9.47. The van der Waals surface area contributed by atoms with Crippen molar-refractivity contribution in [1.82, 2.24) is 4.98 Å². The number of hydrogen-bond donors (Lipinski definition) is 0. The van der Waals surface area contributed by atoms with Crippen molar-refractivity contribution in [2.75, 3.05) is 24.6 Å². The zero-order chi connectivity index (χ0) is 28.4. The number of anilines is 1. The summed E-state index contributed by atoms with van der Waals surface area (Å²) in [5.74, 6) is 0.527. The second-order valence-corrected chi connectivity index (χ2v) is 10.2. The van der Waals surface area contributed by atoms with Crippen molar-refractivity contribution in [3.05, 3.63) is 108 Å². The van der Waals surface area contributed by atoms with Crippen molar-refractivity contribution in [2.24, 2.45) is 5.92 Å². The molecule has 1 aliphatic rings. The maximum Gasteiger partial charge on any atom is 0.306 e. The number of rotatable bonds is 11. The molecular weight excluding hydrogens is 519 g/mol. The van der Waals surface area contributed by atoms with Crippen LogP contribution in [0.5, 0.6) is 11.8 Å². The molecule has 0 N–H and O–H groups in total. The Morgan fingerprint density at radius 3 is 2.12 bits per heavy atom. The summed E-state index contributed by atoms with van der Waals surface area (Å²) >= 11 is 0. The van der Waals surface area contributed by atoms with Crippen molar-refractivity contribution in [2.45, 2.75) is 39.4 Å². The molecule has 1 aromatic heterocycles. The van der Waals surface area contributed by atoms with Crippen molar-refractivity contribution >= 4 is 11.7 Å². The summed E-state index contributed by atoms with van der Waals surface area (Å²) in [4.78, 5) is 18.6. The molecule has 1 fully saturated rings. The predicted octanol–water partition coefficient (Wildman–Crippen LogP) is 7.22. The number of carbonyl (C=O) groups is 1. The summed E-state index contributed by atoms with van der Waals surface area (Å²) in [5.41, 5.74) is 3.80.